The van der Waals surface area contributed by atoms with Crippen LogP contribution in [-0.4, -0.2) is 27.4 Å². The number of halogens is 1. The summed E-state index contributed by atoms with van der Waals surface area (Å²) in [5.74, 6) is -0.0449. The molecule has 0 amide bonds. The van der Waals surface area contributed by atoms with Crippen molar-refractivity contribution in [2.75, 3.05) is 5.75 Å². The summed E-state index contributed by atoms with van der Waals surface area (Å²) in [6.07, 6.45) is 15.2. The summed E-state index contributed by atoms with van der Waals surface area (Å²) < 4.78 is 0. The van der Waals surface area contributed by atoms with Gasteiger partial charge in [0.1, 0.15) is 0 Å². The molecule has 2 aliphatic rings. The van der Waals surface area contributed by atoms with E-state index >= 15 is 0 Å². The number of rotatable bonds is 12. The second-order valence-electron chi connectivity index (χ2n) is 12.1. The molecule has 0 bridgehead atoms. The quantitative estimate of drug-likeness (QED) is 0.299. The Bertz CT molecular complexity index is 1510. The Balaban J connectivity index is 0.00000405. The van der Waals surface area contributed by atoms with Crippen LogP contribution in [0.3, 0.4) is 0 Å². The number of carboxylic acids is 1. The summed E-state index contributed by atoms with van der Waals surface area (Å²) in [5, 5.41) is 24.1. The number of aliphatic carboxylic acids is 1. The molecule has 3 aromatic rings. The monoisotopic (exact) mass is 609 g/mol. The van der Waals surface area contributed by atoms with Gasteiger partial charge in [0.05, 0.1) is 16.8 Å². The number of carbonyl (C=O) groups is 1. The molecule has 7 heteroatoms. The smallest absolute Gasteiger partial charge is 0.550 e. The van der Waals surface area contributed by atoms with Crippen molar-refractivity contribution in [1.29, 1.82) is 0 Å². The van der Waals surface area contributed by atoms with Crippen LogP contribution < -0.4 is 34.7 Å². The molecular weight excluding hydrogens is 573 g/mol. The normalized spacial score (nSPS) is 18.5. The summed E-state index contributed by atoms with van der Waals surface area (Å²) in [4.78, 5) is 16.1. The van der Waals surface area contributed by atoms with Crippen molar-refractivity contribution in [1.82, 2.24) is 4.98 Å². The number of carboxylic acid groups (broad SMARTS) is 1. The van der Waals surface area contributed by atoms with Gasteiger partial charge in [0.2, 0.25) is 0 Å². The van der Waals surface area contributed by atoms with E-state index in [1.54, 1.807) is 0 Å². The van der Waals surface area contributed by atoms with Crippen LogP contribution in [0.5, 0.6) is 0 Å². The molecule has 0 radical (unpaired) electrons. The number of allylic oxidation sites excluding steroid dienone is 3. The molecule has 1 aromatic heterocycles. The second-order valence-corrected chi connectivity index (χ2v) is 13.7. The Morgan fingerprint density at radius 3 is 2.71 bits per heavy atom. The van der Waals surface area contributed by atoms with Gasteiger partial charge in [-0.2, -0.15) is 11.8 Å². The maximum atomic E-state index is 11.4. The molecule has 42 heavy (non-hydrogen) atoms. The minimum Gasteiger partial charge on any atom is -0.550 e. The Kier molecular flexibility index (Phi) is 11.2. The van der Waals surface area contributed by atoms with Crippen molar-refractivity contribution < 1.29 is 44.6 Å². The molecule has 0 spiro atoms. The van der Waals surface area contributed by atoms with Gasteiger partial charge in [-0.1, -0.05) is 77.9 Å². The Morgan fingerprint density at radius 2 is 1.98 bits per heavy atom. The van der Waals surface area contributed by atoms with E-state index in [1.165, 1.54) is 11.1 Å². The minimum absolute atomic E-state index is 0. The summed E-state index contributed by atoms with van der Waals surface area (Å²) in [7, 11) is 0. The predicted molar refractivity (Wildman–Crippen MR) is 169 cm³/mol. The van der Waals surface area contributed by atoms with Crippen molar-refractivity contribution in [2.45, 2.75) is 63.2 Å². The molecule has 1 N–H and O–H groups in total. The first-order chi connectivity index (χ1) is 19.6. The van der Waals surface area contributed by atoms with Gasteiger partial charge in [-0.25, -0.2) is 4.98 Å². The Morgan fingerprint density at radius 1 is 1.19 bits per heavy atom. The van der Waals surface area contributed by atoms with Crippen molar-refractivity contribution in [3.05, 3.63) is 100 Å². The first-order valence-electron chi connectivity index (χ1n) is 14.3. The molecule has 214 valence electrons. The van der Waals surface area contributed by atoms with Gasteiger partial charge in [-0.3, -0.25) is 0 Å². The fourth-order valence-corrected chi connectivity index (χ4v) is 7.43. The number of fused-ring (bicyclic) bond motifs is 1. The van der Waals surface area contributed by atoms with Crippen LogP contribution in [0.1, 0.15) is 74.4 Å². The van der Waals surface area contributed by atoms with Gasteiger partial charge < -0.3 is 15.0 Å². The molecule has 1 heterocycles. The van der Waals surface area contributed by atoms with Gasteiger partial charge in [0.15, 0.2) is 0 Å². The van der Waals surface area contributed by atoms with Crippen molar-refractivity contribution >= 4 is 52.4 Å². The Labute approximate surface area is 280 Å². The fourth-order valence-electron chi connectivity index (χ4n) is 5.69. The molecule has 2 atom stereocenters. The third kappa shape index (κ3) is 8.84. The topological polar surface area (TPSA) is 73.2 Å². The standard InChI is InChI=1S/C35H38ClNO3S.Na/c1-34(2,40)30-9-4-3-7-25(30)13-17-32(41-23-35(18-19-35)22-33(38)39)27-8-5-6-24(20-27)10-15-29-16-12-26-11-14-28(36)21-31(26)37-29;/h3-8,10-12,14-16,20-21,30,32,40H,9,13,17-19,22-23H2,1-2H3,(H,38,39);/q;+1/p-1/b15-10+;/t30?,32-;/m1./s1. The van der Waals surface area contributed by atoms with E-state index in [0.717, 1.165) is 60.0 Å². The fraction of sp³-hybridized carbons (Fsp3) is 0.371. The molecule has 1 fully saturated rings. The number of aliphatic hydroxyl groups is 1. The zero-order chi connectivity index (χ0) is 29.0. The zero-order valence-corrected chi connectivity index (χ0v) is 28.3. The summed E-state index contributed by atoms with van der Waals surface area (Å²) >= 11 is 8.03. The van der Waals surface area contributed by atoms with Crippen molar-refractivity contribution in [3.8, 4) is 0 Å². The average Bonchev–Trinajstić information content (AvgIpc) is 3.70. The number of aromatic nitrogens is 1. The van der Waals surface area contributed by atoms with Crippen LogP contribution in [0.4, 0.5) is 0 Å². The number of hydrogen-bond acceptors (Lipinski definition) is 5. The van der Waals surface area contributed by atoms with E-state index in [1.807, 2.05) is 56.0 Å². The van der Waals surface area contributed by atoms with E-state index < -0.39 is 11.6 Å². The molecular formula is C35H37ClNNaO3S. The van der Waals surface area contributed by atoms with E-state index in [4.69, 9.17) is 16.6 Å². The maximum Gasteiger partial charge on any atom is 1.00 e. The first kappa shape index (κ1) is 33.0. The molecule has 5 rings (SSSR count). The average molecular weight is 610 g/mol. The molecule has 0 saturated heterocycles. The van der Waals surface area contributed by atoms with E-state index in [0.29, 0.717) is 5.02 Å². The summed E-state index contributed by atoms with van der Waals surface area (Å²) in [5.41, 5.74) is 4.42. The van der Waals surface area contributed by atoms with E-state index in [2.05, 4.69) is 54.6 Å². The Hall–Kier alpha value is -1.86. The minimum atomic E-state index is -0.955. The first-order valence-corrected chi connectivity index (χ1v) is 15.8. The van der Waals surface area contributed by atoms with Crippen molar-refractivity contribution in [3.63, 3.8) is 0 Å². The van der Waals surface area contributed by atoms with Crippen molar-refractivity contribution in [2.24, 2.45) is 11.3 Å². The van der Waals surface area contributed by atoms with E-state index in [-0.39, 0.29) is 52.6 Å². The number of pyridine rings is 1. The second kappa shape index (κ2) is 14.3. The third-order valence-corrected chi connectivity index (χ3v) is 10.2. The van der Waals surface area contributed by atoms with Crippen LogP contribution in [-0.2, 0) is 4.79 Å². The number of benzene rings is 2. The van der Waals surface area contributed by atoms with Gasteiger partial charge in [0.25, 0.3) is 0 Å². The van der Waals surface area contributed by atoms with Crippen LogP contribution in [0, 0.1) is 11.3 Å². The number of nitrogens with zero attached hydrogens (tertiary/aromatic N) is 1. The largest absolute Gasteiger partial charge is 1.00 e. The molecule has 2 aromatic carbocycles. The number of hydrogen-bond donors (Lipinski definition) is 1. The molecule has 2 aliphatic carbocycles. The summed E-state index contributed by atoms with van der Waals surface area (Å²) in [6, 6.07) is 18.4. The van der Waals surface area contributed by atoms with Gasteiger partial charge in [-0.15, -0.1) is 0 Å². The van der Waals surface area contributed by atoms with Gasteiger partial charge >= 0.3 is 29.6 Å². The van der Waals surface area contributed by atoms with Crippen LogP contribution in [0.2, 0.25) is 5.02 Å². The zero-order valence-electron chi connectivity index (χ0n) is 24.7. The number of carbonyl (C=O) groups excluding carboxylic acids is 1. The van der Waals surface area contributed by atoms with Gasteiger partial charge in [-0.05, 0) is 98.9 Å². The summed E-state index contributed by atoms with van der Waals surface area (Å²) in [6.45, 7) is 3.78. The number of thioether (sulfide) groups is 1. The maximum absolute atomic E-state index is 11.4. The molecule has 1 saturated carbocycles. The van der Waals surface area contributed by atoms with Gasteiger partial charge in [0, 0.05) is 27.5 Å². The predicted octanol–water partition coefficient (Wildman–Crippen LogP) is 4.81. The third-order valence-electron chi connectivity index (χ3n) is 8.29. The molecule has 4 nitrogen and oxygen atoms in total. The SMILES string of the molecule is CC(C)(O)C1CC=CC=C1CC[C@@H](SCC1(CC(=O)[O-])CC1)c1cccc(/C=C/c2ccc3ccc(Cl)cc3n2)c1.[Na+]. The molecule has 0 aliphatic heterocycles. The van der Waals surface area contributed by atoms with Crippen LogP contribution in [0.25, 0.3) is 23.1 Å². The van der Waals surface area contributed by atoms with E-state index in [9.17, 15) is 15.0 Å². The van der Waals surface area contributed by atoms with Crippen LogP contribution >= 0.6 is 23.4 Å². The van der Waals surface area contributed by atoms with Crippen LogP contribution in [0.15, 0.2) is 78.4 Å². The molecule has 1 unspecified atom stereocenters.